The molecule has 1 aromatic carbocycles. The van der Waals surface area contributed by atoms with Gasteiger partial charge in [-0.3, -0.25) is 0 Å². The summed E-state index contributed by atoms with van der Waals surface area (Å²) in [6, 6.07) is 8.66. The first kappa shape index (κ1) is 11.1. The second-order valence-electron chi connectivity index (χ2n) is 1.93. The van der Waals surface area contributed by atoms with E-state index in [0.29, 0.717) is 5.56 Å². The smallest absolute Gasteiger partial charge is 0.430 e. The van der Waals surface area contributed by atoms with Crippen molar-refractivity contribution in [1.29, 1.82) is 0 Å². The van der Waals surface area contributed by atoms with Gasteiger partial charge in [-0.25, -0.2) is 0 Å². The molecule has 0 aliphatic rings. The van der Waals surface area contributed by atoms with Gasteiger partial charge in [-0.15, -0.1) is 0 Å². The molecule has 0 aliphatic heterocycles. The highest BCUT2D eigenvalue weighted by Gasteiger charge is 1.97. The van der Waals surface area contributed by atoms with Gasteiger partial charge in [-0.1, -0.05) is 30.3 Å². The zero-order chi connectivity index (χ0) is 9.40. The molecule has 0 aromatic heterocycles. The van der Waals surface area contributed by atoms with Gasteiger partial charge in [0.15, 0.2) is 6.29 Å². The van der Waals surface area contributed by atoms with Crippen LogP contribution in [0.5, 0.6) is 0 Å². The van der Waals surface area contributed by atoms with Crippen molar-refractivity contribution in [3.8, 4) is 0 Å². The average Bonchev–Trinajstić information content (AvgIpc) is 2.07. The molecule has 0 bridgehead atoms. The molecule has 0 spiro atoms. The highest BCUT2D eigenvalue weighted by molar-refractivity contribution is 6.13. The number of benzene rings is 1. The topological polar surface area (TPSA) is 80.9 Å². The van der Waals surface area contributed by atoms with Gasteiger partial charge in [0.2, 0.25) is 0 Å². The largest absolute Gasteiger partial charge is 0.432 e. The van der Waals surface area contributed by atoms with Crippen LogP contribution in [0.15, 0.2) is 30.3 Å². The van der Waals surface area contributed by atoms with Crippen molar-refractivity contribution in [3.05, 3.63) is 35.9 Å². The molecule has 0 aliphatic carbocycles. The van der Waals surface area contributed by atoms with Crippen LogP contribution in [-0.2, 0) is 0 Å². The minimum Gasteiger partial charge on any atom is -0.430 e. The quantitative estimate of drug-likeness (QED) is 0.318. The number of rotatable bonds is 1. The second-order valence-corrected chi connectivity index (χ2v) is 1.93. The maximum absolute atomic E-state index is 8.58. The molecule has 1 aromatic rings. The SMILES string of the molecule is OBO.OC(O)c1ccccc1. The summed E-state index contributed by atoms with van der Waals surface area (Å²) < 4.78 is 0. The van der Waals surface area contributed by atoms with Crippen LogP contribution >= 0.6 is 0 Å². The van der Waals surface area contributed by atoms with Crippen molar-refractivity contribution in [1.82, 2.24) is 0 Å². The van der Waals surface area contributed by atoms with E-state index in [-0.39, 0.29) is 0 Å². The van der Waals surface area contributed by atoms with Crippen LogP contribution in [0.3, 0.4) is 0 Å². The highest BCUT2D eigenvalue weighted by atomic mass is 16.5. The van der Waals surface area contributed by atoms with Crippen molar-refractivity contribution in [2.45, 2.75) is 6.29 Å². The first-order valence-corrected chi connectivity index (χ1v) is 3.35. The molecule has 0 saturated heterocycles. The fourth-order valence-electron chi connectivity index (χ4n) is 0.625. The van der Waals surface area contributed by atoms with Crippen molar-refractivity contribution in [3.63, 3.8) is 0 Å². The van der Waals surface area contributed by atoms with E-state index in [9.17, 15) is 0 Å². The summed E-state index contributed by atoms with van der Waals surface area (Å²) in [5.74, 6) is 0. The first-order chi connectivity index (χ1) is 5.72. The molecular weight excluding hydrogens is 159 g/mol. The highest BCUT2D eigenvalue weighted by Crippen LogP contribution is 2.06. The molecule has 0 fully saturated rings. The minimum atomic E-state index is -1.34. The standard InChI is InChI=1S/C7H8O2.BH3O2/c8-7(9)6-4-2-1-3-5-6;2-1-3/h1-5,7-9H;1-3H. The van der Waals surface area contributed by atoms with Crippen LogP contribution in [0.25, 0.3) is 0 Å². The molecule has 12 heavy (non-hydrogen) atoms. The fourth-order valence-corrected chi connectivity index (χ4v) is 0.625. The molecule has 0 unspecified atom stereocenters. The van der Waals surface area contributed by atoms with E-state index in [1.54, 1.807) is 24.3 Å². The Morgan fingerprint density at radius 3 is 1.67 bits per heavy atom. The Hall–Kier alpha value is -0.875. The summed E-state index contributed by atoms with van der Waals surface area (Å²) in [5, 5.41) is 31.4. The van der Waals surface area contributed by atoms with E-state index in [2.05, 4.69) is 0 Å². The van der Waals surface area contributed by atoms with E-state index in [0.717, 1.165) is 0 Å². The van der Waals surface area contributed by atoms with Gasteiger partial charge in [0, 0.05) is 5.56 Å². The summed E-state index contributed by atoms with van der Waals surface area (Å²) >= 11 is 0. The van der Waals surface area contributed by atoms with Crippen molar-refractivity contribution < 1.29 is 20.3 Å². The zero-order valence-electron chi connectivity index (χ0n) is 6.46. The van der Waals surface area contributed by atoms with Crippen LogP contribution in [0.4, 0.5) is 0 Å². The normalized spacial score (nSPS) is 8.75. The molecule has 0 radical (unpaired) electrons. The maximum atomic E-state index is 8.58. The molecule has 66 valence electrons. The summed E-state index contributed by atoms with van der Waals surface area (Å²) in [4.78, 5) is 0. The van der Waals surface area contributed by atoms with Crippen LogP contribution in [-0.4, -0.2) is 27.9 Å². The molecule has 0 saturated carbocycles. The van der Waals surface area contributed by atoms with Crippen LogP contribution < -0.4 is 0 Å². The van der Waals surface area contributed by atoms with Crippen LogP contribution in [0.1, 0.15) is 11.9 Å². The van der Waals surface area contributed by atoms with Crippen LogP contribution in [0.2, 0.25) is 0 Å². The Labute approximate surface area is 71.0 Å². The second kappa shape index (κ2) is 6.81. The van der Waals surface area contributed by atoms with Gasteiger partial charge in [-0.05, 0) is 0 Å². The van der Waals surface area contributed by atoms with Gasteiger partial charge < -0.3 is 20.3 Å². The maximum Gasteiger partial charge on any atom is 0.432 e. The molecule has 4 nitrogen and oxygen atoms in total. The van der Waals surface area contributed by atoms with Gasteiger partial charge in [0.05, 0.1) is 0 Å². The van der Waals surface area contributed by atoms with E-state index < -0.39 is 14.0 Å². The molecule has 4 N–H and O–H groups in total. The molecular formula is C7H11BO4. The van der Waals surface area contributed by atoms with Crippen molar-refractivity contribution in [2.24, 2.45) is 0 Å². The van der Waals surface area contributed by atoms with E-state index in [1.807, 2.05) is 6.07 Å². The Kier molecular flexibility index (Phi) is 6.31. The minimum absolute atomic E-state index is 0.525. The average molecular weight is 170 g/mol. The summed E-state index contributed by atoms with van der Waals surface area (Å²) in [7, 11) is -0.750. The summed E-state index contributed by atoms with van der Waals surface area (Å²) in [5.41, 5.74) is 0.525. The molecule has 1 rings (SSSR count). The summed E-state index contributed by atoms with van der Waals surface area (Å²) in [6.07, 6.45) is -1.34. The monoisotopic (exact) mass is 170 g/mol. The summed E-state index contributed by atoms with van der Waals surface area (Å²) in [6.45, 7) is 0. The Morgan fingerprint density at radius 1 is 1.00 bits per heavy atom. The lowest BCUT2D eigenvalue weighted by atomic mass is 10.2. The number of hydrogen-bond donors (Lipinski definition) is 4. The molecule has 0 heterocycles. The van der Waals surface area contributed by atoms with Crippen LogP contribution in [0, 0.1) is 0 Å². The molecule has 5 heteroatoms. The number of aliphatic hydroxyl groups excluding tert-OH is 1. The molecule has 0 amide bonds. The third kappa shape index (κ3) is 4.87. The lowest BCUT2D eigenvalue weighted by molar-refractivity contribution is -0.0424. The van der Waals surface area contributed by atoms with Crippen molar-refractivity contribution in [2.75, 3.05) is 0 Å². The predicted molar refractivity (Wildman–Crippen MR) is 45.2 cm³/mol. The van der Waals surface area contributed by atoms with Gasteiger partial charge in [-0.2, -0.15) is 0 Å². The zero-order valence-corrected chi connectivity index (χ0v) is 6.46. The lowest BCUT2D eigenvalue weighted by Gasteiger charge is -1.99. The van der Waals surface area contributed by atoms with Gasteiger partial charge >= 0.3 is 7.69 Å². The van der Waals surface area contributed by atoms with Gasteiger partial charge in [0.1, 0.15) is 0 Å². The van der Waals surface area contributed by atoms with Gasteiger partial charge in [0.25, 0.3) is 0 Å². The lowest BCUT2D eigenvalue weighted by Crippen LogP contribution is -1.92. The fraction of sp³-hybridized carbons (Fsp3) is 0.143. The first-order valence-electron chi connectivity index (χ1n) is 3.35. The van der Waals surface area contributed by atoms with E-state index in [1.165, 1.54) is 0 Å². The van der Waals surface area contributed by atoms with E-state index >= 15 is 0 Å². The Bertz CT molecular complexity index is 190. The third-order valence-corrected chi connectivity index (χ3v) is 1.10. The molecule has 0 atom stereocenters. The third-order valence-electron chi connectivity index (χ3n) is 1.10. The van der Waals surface area contributed by atoms with E-state index in [4.69, 9.17) is 20.3 Å². The number of hydrogen-bond acceptors (Lipinski definition) is 4. The predicted octanol–water partition coefficient (Wildman–Crippen LogP) is -1.09. The van der Waals surface area contributed by atoms with Crippen molar-refractivity contribution >= 4 is 7.69 Å². The number of aliphatic hydroxyl groups is 2. The Morgan fingerprint density at radius 2 is 1.42 bits per heavy atom. The Balaban J connectivity index is 0.000000354.